The normalized spacial score (nSPS) is 15.5. The van der Waals surface area contributed by atoms with Gasteiger partial charge in [-0.3, -0.25) is 0 Å². The van der Waals surface area contributed by atoms with Crippen LogP contribution in [0.2, 0.25) is 0 Å². The molecular formula is C12H16FN3. The Bertz CT molecular complexity index is 390. The Kier molecular flexibility index (Phi) is 3.51. The molecule has 3 nitrogen and oxygen atoms in total. The molecule has 0 aromatic carbocycles. The van der Waals surface area contributed by atoms with Crippen molar-refractivity contribution >= 4 is 5.82 Å². The van der Waals surface area contributed by atoms with E-state index in [1.165, 1.54) is 6.20 Å². The molecule has 0 saturated carbocycles. The molecule has 0 radical (unpaired) electrons. The molecule has 0 saturated heterocycles. The topological polar surface area (TPSA) is 28.2 Å². The first kappa shape index (κ1) is 11.1. The lowest BCUT2D eigenvalue weighted by atomic mass is 10.2. The van der Waals surface area contributed by atoms with Gasteiger partial charge in [-0.05, 0) is 19.5 Å². The Morgan fingerprint density at radius 3 is 3.06 bits per heavy atom. The maximum absolute atomic E-state index is 13.1. The number of nitrogens with zero attached hydrogens (tertiary/aromatic N) is 2. The molecule has 1 aliphatic rings. The van der Waals surface area contributed by atoms with E-state index in [1.807, 2.05) is 7.05 Å². The number of halogens is 1. The molecule has 0 aliphatic carbocycles. The minimum Gasteiger partial charge on any atom is -0.352 e. The number of hydrogen-bond acceptors (Lipinski definition) is 3. The summed E-state index contributed by atoms with van der Waals surface area (Å²) in [6.07, 6.45) is 6.60. The first-order valence-electron chi connectivity index (χ1n) is 5.50. The van der Waals surface area contributed by atoms with Gasteiger partial charge in [-0.1, -0.05) is 12.2 Å². The molecule has 0 spiro atoms. The molecular weight excluding hydrogens is 205 g/mol. The maximum Gasteiger partial charge on any atom is 0.141 e. The van der Waals surface area contributed by atoms with Gasteiger partial charge < -0.3 is 10.2 Å². The Labute approximate surface area is 95.0 Å². The number of anilines is 1. The Morgan fingerprint density at radius 1 is 1.50 bits per heavy atom. The summed E-state index contributed by atoms with van der Waals surface area (Å²) in [7, 11) is 1.85. The molecule has 0 amide bonds. The van der Waals surface area contributed by atoms with Crippen LogP contribution in [0.5, 0.6) is 0 Å². The number of nitrogens with one attached hydrogen (secondary N) is 1. The molecule has 86 valence electrons. The lowest BCUT2D eigenvalue weighted by Crippen LogP contribution is -2.29. The fourth-order valence-electron chi connectivity index (χ4n) is 1.91. The van der Waals surface area contributed by atoms with Crippen LogP contribution in [0.15, 0.2) is 24.4 Å². The summed E-state index contributed by atoms with van der Waals surface area (Å²) in [6, 6.07) is 1.55. The van der Waals surface area contributed by atoms with Crippen LogP contribution in [-0.2, 0) is 6.54 Å². The van der Waals surface area contributed by atoms with E-state index in [2.05, 4.69) is 27.4 Å². The van der Waals surface area contributed by atoms with E-state index < -0.39 is 0 Å². The lowest BCUT2D eigenvalue weighted by molar-refractivity contribution is 0.614. The molecule has 1 aromatic rings. The summed E-state index contributed by atoms with van der Waals surface area (Å²) in [5, 5.41) is 3.04. The molecule has 0 fully saturated rings. The van der Waals surface area contributed by atoms with Gasteiger partial charge in [0.15, 0.2) is 0 Å². The van der Waals surface area contributed by atoms with Crippen molar-refractivity contribution in [3.8, 4) is 0 Å². The standard InChI is InChI=1S/C12H16FN3/c1-14-8-10-7-11(13)9-15-12(10)16-5-3-2-4-6-16/h2-3,7,9,14H,4-6,8H2,1H3. The van der Waals surface area contributed by atoms with Gasteiger partial charge in [0.1, 0.15) is 11.6 Å². The number of rotatable bonds is 3. The second-order valence-electron chi connectivity index (χ2n) is 3.87. The van der Waals surface area contributed by atoms with E-state index in [-0.39, 0.29) is 5.82 Å². The van der Waals surface area contributed by atoms with Gasteiger partial charge in [0.2, 0.25) is 0 Å². The average Bonchev–Trinajstić information content (AvgIpc) is 2.31. The van der Waals surface area contributed by atoms with Crippen molar-refractivity contribution in [3.63, 3.8) is 0 Å². The summed E-state index contributed by atoms with van der Waals surface area (Å²) < 4.78 is 13.1. The third kappa shape index (κ3) is 2.39. The Hall–Kier alpha value is -1.42. The molecule has 1 N–H and O–H groups in total. The van der Waals surface area contributed by atoms with Gasteiger partial charge in [0.05, 0.1) is 6.20 Å². The molecule has 1 aliphatic heterocycles. The average molecular weight is 221 g/mol. The Morgan fingerprint density at radius 2 is 2.38 bits per heavy atom. The van der Waals surface area contributed by atoms with Crippen molar-refractivity contribution in [3.05, 3.63) is 35.8 Å². The van der Waals surface area contributed by atoms with Crippen LogP contribution in [0.1, 0.15) is 12.0 Å². The van der Waals surface area contributed by atoms with Crippen molar-refractivity contribution in [2.24, 2.45) is 0 Å². The van der Waals surface area contributed by atoms with E-state index in [0.29, 0.717) is 6.54 Å². The highest BCUT2D eigenvalue weighted by Crippen LogP contribution is 2.20. The third-order valence-electron chi connectivity index (χ3n) is 2.63. The van der Waals surface area contributed by atoms with Crippen LogP contribution in [0.25, 0.3) is 0 Å². The minimum absolute atomic E-state index is 0.276. The van der Waals surface area contributed by atoms with Gasteiger partial charge in [0, 0.05) is 25.2 Å². The largest absolute Gasteiger partial charge is 0.352 e. The van der Waals surface area contributed by atoms with E-state index in [0.717, 1.165) is 30.9 Å². The highest BCUT2D eigenvalue weighted by molar-refractivity contribution is 5.48. The summed E-state index contributed by atoms with van der Waals surface area (Å²) >= 11 is 0. The van der Waals surface area contributed by atoms with E-state index in [9.17, 15) is 4.39 Å². The smallest absolute Gasteiger partial charge is 0.141 e. The zero-order valence-corrected chi connectivity index (χ0v) is 9.41. The van der Waals surface area contributed by atoms with Crippen LogP contribution < -0.4 is 10.2 Å². The zero-order valence-electron chi connectivity index (χ0n) is 9.41. The first-order chi connectivity index (χ1) is 7.81. The highest BCUT2D eigenvalue weighted by atomic mass is 19.1. The maximum atomic E-state index is 13.1. The molecule has 2 rings (SSSR count). The number of pyridine rings is 1. The molecule has 0 bridgehead atoms. The van der Waals surface area contributed by atoms with Gasteiger partial charge >= 0.3 is 0 Å². The summed E-state index contributed by atoms with van der Waals surface area (Å²) in [5.74, 6) is 0.613. The molecule has 0 atom stereocenters. The van der Waals surface area contributed by atoms with Gasteiger partial charge in [-0.2, -0.15) is 0 Å². The quantitative estimate of drug-likeness (QED) is 0.787. The highest BCUT2D eigenvalue weighted by Gasteiger charge is 2.13. The van der Waals surface area contributed by atoms with Crippen LogP contribution >= 0.6 is 0 Å². The van der Waals surface area contributed by atoms with Crippen LogP contribution in [0.3, 0.4) is 0 Å². The van der Waals surface area contributed by atoms with Gasteiger partial charge in [-0.15, -0.1) is 0 Å². The lowest BCUT2D eigenvalue weighted by Gasteiger charge is -2.26. The first-order valence-corrected chi connectivity index (χ1v) is 5.50. The van der Waals surface area contributed by atoms with E-state index >= 15 is 0 Å². The predicted octanol–water partition coefficient (Wildman–Crippen LogP) is 1.71. The fraction of sp³-hybridized carbons (Fsp3) is 0.417. The van der Waals surface area contributed by atoms with Crippen LogP contribution in [0.4, 0.5) is 10.2 Å². The summed E-state index contributed by atoms with van der Waals surface area (Å²) in [6.45, 7) is 2.45. The summed E-state index contributed by atoms with van der Waals surface area (Å²) in [5.41, 5.74) is 0.915. The molecule has 0 unspecified atom stereocenters. The summed E-state index contributed by atoms with van der Waals surface area (Å²) in [4.78, 5) is 6.37. The third-order valence-corrected chi connectivity index (χ3v) is 2.63. The van der Waals surface area contributed by atoms with E-state index in [4.69, 9.17) is 0 Å². The van der Waals surface area contributed by atoms with E-state index in [1.54, 1.807) is 6.07 Å². The van der Waals surface area contributed by atoms with Crippen molar-refractivity contribution in [1.82, 2.24) is 10.3 Å². The Balaban J connectivity index is 2.27. The monoisotopic (exact) mass is 221 g/mol. The minimum atomic E-state index is -0.276. The zero-order chi connectivity index (χ0) is 11.4. The van der Waals surface area contributed by atoms with Crippen molar-refractivity contribution in [2.45, 2.75) is 13.0 Å². The van der Waals surface area contributed by atoms with Crippen molar-refractivity contribution < 1.29 is 4.39 Å². The van der Waals surface area contributed by atoms with Crippen LogP contribution in [-0.4, -0.2) is 25.1 Å². The predicted molar refractivity (Wildman–Crippen MR) is 62.9 cm³/mol. The van der Waals surface area contributed by atoms with Crippen LogP contribution in [0, 0.1) is 5.82 Å². The number of hydrogen-bond donors (Lipinski definition) is 1. The molecule has 16 heavy (non-hydrogen) atoms. The second-order valence-corrected chi connectivity index (χ2v) is 3.87. The van der Waals surface area contributed by atoms with Crippen molar-refractivity contribution in [2.75, 3.05) is 25.0 Å². The fourth-order valence-corrected chi connectivity index (χ4v) is 1.91. The SMILES string of the molecule is CNCc1cc(F)cnc1N1CC=CCC1. The molecule has 4 heteroatoms. The van der Waals surface area contributed by atoms with Gasteiger partial charge in [0.25, 0.3) is 0 Å². The number of aromatic nitrogens is 1. The molecule has 1 aromatic heterocycles. The van der Waals surface area contributed by atoms with Crippen molar-refractivity contribution in [1.29, 1.82) is 0 Å². The van der Waals surface area contributed by atoms with Gasteiger partial charge in [-0.25, -0.2) is 9.37 Å². The second kappa shape index (κ2) is 5.07. The molecule has 2 heterocycles.